The molecule has 39 heavy (non-hydrogen) atoms. The molecule has 2 aromatic heterocycles. The number of alkyl halides is 3. The molecule has 3 heterocycles. The van der Waals surface area contributed by atoms with Gasteiger partial charge in [-0.15, -0.1) is 0 Å². The lowest BCUT2D eigenvalue weighted by atomic mass is 9.85. The van der Waals surface area contributed by atoms with Gasteiger partial charge in [-0.25, -0.2) is 4.98 Å². The molecule has 212 valence electrons. The molecular weight excluding hydrogens is 511 g/mol. The summed E-state index contributed by atoms with van der Waals surface area (Å²) in [4.78, 5) is 30.4. The summed E-state index contributed by atoms with van der Waals surface area (Å²) in [6.45, 7) is 3.47. The first-order valence-electron chi connectivity index (χ1n) is 14.0. The maximum absolute atomic E-state index is 13.4. The predicted octanol–water partition coefficient (Wildman–Crippen LogP) is 4.55. The Morgan fingerprint density at radius 3 is 2.54 bits per heavy atom. The minimum absolute atomic E-state index is 0.0152. The third-order valence-corrected chi connectivity index (χ3v) is 8.30. The van der Waals surface area contributed by atoms with Gasteiger partial charge < -0.3 is 15.0 Å². The van der Waals surface area contributed by atoms with Crippen LogP contribution in [-0.4, -0.2) is 56.7 Å². The number of fused-ring (bicyclic) bond motifs is 1. The fraction of sp³-hybridized carbons (Fsp3) is 0.643. The number of amides is 2. The number of halogens is 3. The number of pyridine rings is 1. The van der Waals surface area contributed by atoms with Crippen LogP contribution in [0.5, 0.6) is 5.88 Å². The molecule has 0 bridgehead atoms. The number of rotatable bonds is 7. The number of carbonyl (C=O) groups is 2. The number of aromatic nitrogens is 3. The lowest BCUT2D eigenvalue weighted by Crippen LogP contribution is -2.46. The van der Waals surface area contributed by atoms with E-state index >= 15 is 0 Å². The van der Waals surface area contributed by atoms with Gasteiger partial charge >= 0.3 is 6.18 Å². The van der Waals surface area contributed by atoms with Crippen LogP contribution in [0.4, 0.5) is 13.2 Å². The molecular formula is C28H36F3N5O3. The van der Waals surface area contributed by atoms with Gasteiger partial charge in [-0.05, 0) is 82.3 Å². The van der Waals surface area contributed by atoms with Crippen LogP contribution in [0.3, 0.4) is 0 Å². The van der Waals surface area contributed by atoms with Gasteiger partial charge in [0, 0.05) is 50.1 Å². The van der Waals surface area contributed by atoms with Crippen LogP contribution < -0.4 is 10.1 Å². The van der Waals surface area contributed by atoms with Crippen molar-refractivity contribution in [2.75, 3.05) is 13.1 Å². The Morgan fingerprint density at radius 2 is 1.85 bits per heavy atom. The van der Waals surface area contributed by atoms with Crippen LogP contribution >= 0.6 is 0 Å². The maximum Gasteiger partial charge on any atom is 0.421 e. The van der Waals surface area contributed by atoms with Gasteiger partial charge in [0.15, 0.2) is 5.69 Å². The SMILES string of the molecule is CC(=O)NC1CCN(C(=O)c2nn(CC[C@H]3CC[C@@H](Oc4ncccc4C(F)(F)F)CC3)c3c2CCC3)CC1. The van der Waals surface area contributed by atoms with Crippen molar-refractivity contribution in [3.8, 4) is 5.88 Å². The number of hydrogen-bond acceptors (Lipinski definition) is 5. The normalized spacial score (nSPS) is 22.0. The van der Waals surface area contributed by atoms with Crippen LogP contribution in [0, 0.1) is 5.92 Å². The second kappa shape index (κ2) is 11.6. The first-order valence-corrected chi connectivity index (χ1v) is 14.0. The summed E-state index contributed by atoms with van der Waals surface area (Å²) in [6, 6.07) is 2.39. The number of nitrogens with zero attached hydrogens (tertiary/aromatic N) is 4. The smallest absolute Gasteiger partial charge is 0.421 e. The molecule has 1 saturated heterocycles. The fourth-order valence-corrected chi connectivity index (χ4v) is 6.23. The fourth-order valence-electron chi connectivity index (χ4n) is 6.23. The van der Waals surface area contributed by atoms with Gasteiger partial charge in [0.25, 0.3) is 5.91 Å². The van der Waals surface area contributed by atoms with Crippen molar-refractivity contribution >= 4 is 11.8 Å². The number of ether oxygens (including phenoxy) is 1. The lowest BCUT2D eigenvalue weighted by Gasteiger charge is -2.32. The van der Waals surface area contributed by atoms with Crippen molar-refractivity contribution in [3.63, 3.8) is 0 Å². The van der Waals surface area contributed by atoms with Crippen molar-refractivity contribution in [2.24, 2.45) is 5.92 Å². The second-order valence-corrected chi connectivity index (χ2v) is 11.0. The molecule has 11 heteroatoms. The van der Waals surface area contributed by atoms with Gasteiger partial charge in [-0.2, -0.15) is 18.3 Å². The first-order chi connectivity index (χ1) is 18.7. The topological polar surface area (TPSA) is 89.4 Å². The zero-order chi connectivity index (χ0) is 27.6. The van der Waals surface area contributed by atoms with E-state index in [1.807, 2.05) is 9.58 Å². The van der Waals surface area contributed by atoms with Crippen molar-refractivity contribution in [1.82, 2.24) is 25.0 Å². The molecule has 8 nitrogen and oxygen atoms in total. The Bertz CT molecular complexity index is 1180. The molecule has 0 radical (unpaired) electrons. The third-order valence-electron chi connectivity index (χ3n) is 8.30. The van der Waals surface area contributed by atoms with Crippen molar-refractivity contribution in [1.29, 1.82) is 0 Å². The summed E-state index contributed by atoms with van der Waals surface area (Å²) in [7, 11) is 0. The summed E-state index contributed by atoms with van der Waals surface area (Å²) in [5.41, 5.74) is 1.99. The zero-order valence-electron chi connectivity index (χ0n) is 22.3. The lowest BCUT2D eigenvalue weighted by molar-refractivity contribution is -0.139. The minimum atomic E-state index is -4.49. The number of carbonyl (C=O) groups excluding carboxylic acids is 2. The van der Waals surface area contributed by atoms with E-state index < -0.39 is 11.7 Å². The number of nitrogens with one attached hydrogen (secondary N) is 1. The number of likely N-dealkylation sites (tertiary alicyclic amines) is 1. The number of aryl methyl sites for hydroxylation is 1. The average Bonchev–Trinajstić information content (AvgIpc) is 3.51. The van der Waals surface area contributed by atoms with E-state index in [-0.39, 0.29) is 29.8 Å². The first kappa shape index (κ1) is 27.5. The number of piperidine rings is 1. The van der Waals surface area contributed by atoms with Crippen LogP contribution in [0.2, 0.25) is 0 Å². The Morgan fingerprint density at radius 1 is 1.10 bits per heavy atom. The molecule has 5 rings (SSSR count). The summed E-state index contributed by atoms with van der Waals surface area (Å²) in [5.74, 6) is 0.0423. The van der Waals surface area contributed by atoms with E-state index in [1.165, 1.54) is 24.9 Å². The highest BCUT2D eigenvalue weighted by Gasteiger charge is 2.36. The Hall–Kier alpha value is -3.11. The summed E-state index contributed by atoms with van der Waals surface area (Å²) >= 11 is 0. The van der Waals surface area contributed by atoms with E-state index in [1.54, 1.807) is 0 Å². The monoisotopic (exact) mass is 547 g/mol. The summed E-state index contributed by atoms with van der Waals surface area (Å²) < 4.78 is 47.5. The van der Waals surface area contributed by atoms with Crippen LogP contribution in [0.25, 0.3) is 0 Å². The van der Waals surface area contributed by atoms with Crippen LogP contribution in [0.1, 0.15) is 85.6 Å². The van der Waals surface area contributed by atoms with Gasteiger partial charge in [-0.3, -0.25) is 14.3 Å². The highest BCUT2D eigenvalue weighted by atomic mass is 19.4. The third kappa shape index (κ3) is 6.38. The molecule has 2 aromatic rings. The van der Waals surface area contributed by atoms with Gasteiger partial charge in [0.2, 0.25) is 11.8 Å². The van der Waals surface area contributed by atoms with Crippen molar-refractivity contribution in [2.45, 2.75) is 96.0 Å². The molecule has 2 fully saturated rings. The molecule has 2 amide bonds. The molecule has 0 aromatic carbocycles. The van der Waals surface area contributed by atoms with Gasteiger partial charge in [-0.1, -0.05) is 0 Å². The average molecular weight is 548 g/mol. The highest BCUT2D eigenvalue weighted by molar-refractivity contribution is 5.94. The molecule has 2 aliphatic carbocycles. The van der Waals surface area contributed by atoms with Crippen molar-refractivity contribution < 1.29 is 27.5 Å². The molecule has 0 unspecified atom stereocenters. The highest BCUT2D eigenvalue weighted by Crippen LogP contribution is 2.37. The van der Waals surface area contributed by atoms with Gasteiger partial charge in [0.1, 0.15) is 11.7 Å². The molecule has 3 aliphatic rings. The Labute approximate surface area is 226 Å². The Balaban J connectivity index is 1.14. The van der Waals surface area contributed by atoms with Gasteiger partial charge in [0.05, 0.1) is 0 Å². The van der Waals surface area contributed by atoms with Crippen LogP contribution in [-0.2, 0) is 30.4 Å². The largest absolute Gasteiger partial charge is 0.474 e. The molecule has 1 saturated carbocycles. The quantitative estimate of drug-likeness (QED) is 0.549. The molecule has 0 spiro atoms. The zero-order valence-corrected chi connectivity index (χ0v) is 22.3. The summed E-state index contributed by atoms with van der Waals surface area (Å²) in [6.07, 6.45) is 4.90. The summed E-state index contributed by atoms with van der Waals surface area (Å²) in [5, 5.41) is 7.72. The van der Waals surface area contributed by atoms with Crippen LogP contribution in [0.15, 0.2) is 18.3 Å². The second-order valence-electron chi connectivity index (χ2n) is 11.0. The van der Waals surface area contributed by atoms with E-state index in [0.29, 0.717) is 37.5 Å². The minimum Gasteiger partial charge on any atom is -0.474 e. The van der Waals surface area contributed by atoms with E-state index in [0.717, 1.165) is 69.5 Å². The van der Waals surface area contributed by atoms with E-state index in [4.69, 9.17) is 9.84 Å². The predicted molar refractivity (Wildman–Crippen MR) is 137 cm³/mol. The van der Waals surface area contributed by atoms with E-state index in [2.05, 4.69) is 10.3 Å². The van der Waals surface area contributed by atoms with Crippen molar-refractivity contribution in [3.05, 3.63) is 40.8 Å². The standard InChI is InChI=1S/C28H36F3N5O3/c1-18(37)33-20-12-15-35(16-13-20)27(38)25-22-4-2-6-24(22)36(34-25)17-11-19-7-9-21(10-8-19)39-26-23(28(29,30)31)5-3-14-32-26/h3,5,14,19-21H,2,4,6-13,15-17H2,1H3,(H,33,37)/t19-,21+. The molecule has 1 N–H and O–H groups in total. The van der Waals surface area contributed by atoms with E-state index in [9.17, 15) is 22.8 Å². The Kier molecular flexibility index (Phi) is 8.13. The molecule has 1 aliphatic heterocycles. The maximum atomic E-state index is 13.4. The number of hydrogen-bond donors (Lipinski definition) is 1. The molecule has 0 atom stereocenters.